The van der Waals surface area contributed by atoms with E-state index < -0.39 is 6.03 Å². The molecular formula is C23H23N7O3. The zero-order valence-corrected chi connectivity index (χ0v) is 18.0. The van der Waals surface area contributed by atoms with Gasteiger partial charge < -0.3 is 20.9 Å². The van der Waals surface area contributed by atoms with Gasteiger partial charge in [0, 0.05) is 48.5 Å². The molecule has 2 aromatic heterocycles. The van der Waals surface area contributed by atoms with E-state index in [-0.39, 0.29) is 19.0 Å². The number of hydrogen-bond acceptors (Lipinski definition) is 6. The number of aromatic nitrogens is 2. The molecule has 3 amide bonds. The first kappa shape index (κ1) is 21.8. The van der Waals surface area contributed by atoms with Gasteiger partial charge in [0.15, 0.2) is 0 Å². The fourth-order valence-corrected chi connectivity index (χ4v) is 3.46. The van der Waals surface area contributed by atoms with Crippen molar-refractivity contribution in [3.63, 3.8) is 0 Å². The summed E-state index contributed by atoms with van der Waals surface area (Å²) in [5.41, 5.74) is 3.48. The number of nitrogens with zero attached hydrogens (tertiary/aromatic N) is 3. The molecule has 0 aliphatic rings. The number of hydrogen-bond donors (Lipinski definition) is 4. The largest absolute Gasteiger partial charge is 0.366 e. The molecule has 2 aromatic carbocycles. The Balaban J connectivity index is 1.34. The number of carbonyl (C=O) groups is 2. The molecule has 0 bridgehead atoms. The average molecular weight is 445 g/mol. The van der Waals surface area contributed by atoms with Crippen LogP contribution in [0.15, 0.2) is 66.1 Å². The van der Waals surface area contributed by atoms with Crippen LogP contribution < -0.4 is 16.0 Å². The van der Waals surface area contributed by atoms with Crippen LogP contribution >= 0.6 is 0 Å². The summed E-state index contributed by atoms with van der Waals surface area (Å²) in [4.78, 5) is 42.0. The summed E-state index contributed by atoms with van der Waals surface area (Å²) >= 11 is 0. The number of urea groups is 1. The first-order valence-corrected chi connectivity index (χ1v) is 10.4. The predicted octanol–water partition coefficient (Wildman–Crippen LogP) is 3.38. The molecule has 33 heavy (non-hydrogen) atoms. The maximum atomic E-state index is 12.4. The summed E-state index contributed by atoms with van der Waals surface area (Å²) in [6, 6.07) is 16.7. The normalized spacial score (nSPS) is 10.7. The molecule has 0 fully saturated rings. The van der Waals surface area contributed by atoms with Crippen molar-refractivity contribution in [1.29, 1.82) is 0 Å². The fraction of sp³-hybridized carbons (Fsp3) is 0.174. The molecule has 0 saturated heterocycles. The Labute approximate surface area is 189 Å². The van der Waals surface area contributed by atoms with Crippen LogP contribution in [-0.2, 0) is 6.54 Å². The number of fused-ring (bicyclic) bond motifs is 3. The summed E-state index contributed by atoms with van der Waals surface area (Å²) in [7, 11) is 1.24. The molecule has 0 aliphatic carbocycles. The van der Waals surface area contributed by atoms with Gasteiger partial charge in [-0.05, 0) is 29.8 Å². The van der Waals surface area contributed by atoms with Crippen LogP contribution in [0.25, 0.3) is 21.8 Å². The van der Waals surface area contributed by atoms with E-state index in [1.807, 2.05) is 42.6 Å². The van der Waals surface area contributed by atoms with Gasteiger partial charge in [-0.25, -0.2) is 9.78 Å². The lowest BCUT2D eigenvalue weighted by atomic mass is 10.1. The summed E-state index contributed by atoms with van der Waals surface area (Å²) < 4.78 is 0. The standard InChI is InChI=1S/C23H23N7O3/c1-30(29-33)23(32)25-10-9-24-22(31)16-6-4-5-15(11-16)13-26-21-12-18-17-7-2-3-8-19(17)28-20(18)14-27-21/h2-8,11-12,14,28H,9-10,13H2,1H3,(H,24,31)(H,25,32)(H,26,27). The van der Waals surface area contributed by atoms with E-state index in [1.165, 1.54) is 7.05 Å². The highest BCUT2D eigenvalue weighted by atomic mass is 16.3. The molecule has 168 valence electrons. The van der Waals surface area contributed by atoms with Crippen molar-refractivity contribution in [3.8, 4) is 0 Å². The SMILES string of the molecule is CN(N=O)C(=O)NCCNC(=O)c1cccc(CNc2cc3c(cn2)[nH]c2ccccc23)c1. The van der Waals surface area contributed by atoms with Crippen LogP contribution in [-0.4, -0.2) is 47.1 Å². The van der Waals surface area contributed by atoms with Crippen molar-refractivity contribution in [2.75, 3.05) is 25.5 Å². The number of nitrogens with one attached hydrogen (secondary N) is 4. The van der Waals surface area contributed by atoms with E-state index in [9.17, 15) is 14.5 Å². The second-order valence-corrected chi connectivity index (χ2v) is 7.43. The molecule has 0 saturated carbocycles. The van der Waals surface area contributed by atoms with Crippen molar-refractivity contribution < 1.29 is 9.59 Å². The Hall–Kier alpha value is -4.47. The number of amides is 3. The summed E-state index contributed by atoms with van der Waals surface area (Å²) in [6.45, 7) is 0.894. The summed E-state index contributed by atoms with van der Waals surface area (Å²) in [5.74, 6) is 0.485. The number of rotatable bonds is 8. The Morgan fingerprint density at radius 2 is 1.82 bits per heavy atom. The third-order valence-electron chi connectivity index (χ3n) is 5.16. The molecule has 2 heterocycles. The molecule has 0 radical (unpaired) electrons. The van der Waals surface area contributed by atoms with Crippen molar-refractivity contribution in [3.05, 3.63) is 76.8 Å². The number of carbonyl (C=O) groups excluding carboxylic acids is 2. The van der Waals surface area contributed by atoms with Crippen molar-refractivity contribution in [2.45, 2.75) is 6.54 Å². The van der Waals surface area contributed by atoms with E-state index in [4.69, 9.17) is 0 Å². The Morgan fingerprint density at radius 1 is 1.00 bits per heavy atom. The van der Waals surface area contributed by atoms with E-state index in [0.29, 0.717) is 17.1 Å². The molecule has 0 atom stereocenters. The van der Waals surface area contributed by atoms with Gasteiger partial charge >= 0.3 is 6.03 Å². The Morgan fingerprint density at radius 3 is 2.67 bits per heavy atom. The van der Waals surface area contributed by atoms with E-state index >= 15 is 0 Å². The number of pyridine rings is 1. The number of benzene rings is 2. The van der Waals surface area contributed by atoms with E-state index in [1.54, 1.807) is 12.1 Å². The smallest absolute Gasteiger partial charge is 0.340 e. The topological polar surface area (TPSA) is 132 Å². The summed E-state index contributed by atoms with van der Waals surface area (Å²) in [6.07, 6.45) is 1.81. The second-order valence-electron chi connectivity index (χ2n) is 7.43. The number of aromatic amines is 1. The van der Waals surface area contributed by atoms with Crippen LogP contribution in [0.3, 0.4) is 0 Å². The number of H-pyrrole nitrogens is 1. The molecule has 4 aromatic rings. The first-order chi connectivity index (χ1) is 16.0. The lowest BCUT2D eigenvalue weighted by Gasteiger charge is -2.10. The van der Waals surface area contributed by atoms with Crippen molar-refractivity contribution >= 4 is 39.6 Å². The zero-order chi connectivity index (χ0) is 23.2. The van der Waals surface area contributed by atoms with Gasteiger partial charge in [0.05, 0.1) is 17.0 Å². The van der Waals surface area contributed by atoms with Gasteiger partial charge in [0.2, 0.25) is 0 Å². The van der Waals surface area contributed by atoms with Crippen LogP contribution in [0.1, 0.15) is 15.9 Å². The third-order valence-corrected chi connectivity index (χ3v) is 5.16. The Bertz CT molecular complexity index is 1320. The third kappa shape index (κ3) is 5.06. The monoisotopic (exact) mass is 445 g/mol. The second kappa shape index (κ2) is 9.77. The van der Waals surface area contributed by atoms with Gasteiger partial charge in [-0.15, -0.1) is 4.91 Å². The molecule has 10 heteroatoms. The highest BCUT2D eigenvalue weighted by Crippen LogP contribution is 2.26. The van der Waals surface area contributed by atoms with E-state index in [2.05, 4.69) is 37.3 Å². The quantitative estimate of drug-likeness (QED) is 0.188. The minimum Gasteiger partial charge on any atom is -0.366 e. The van der Waals surface area contributed by atoms with Crippen molar-refractivity contribution in [2.24, 2.45) is 5.29 Å². The highest BCUT2D eigenvalue weighted by molar-refractivity contribution is 6.07. The molecule has 4 N–H and O–H groups in total. The maximum Gasteiger partial charge on any atom is 0.340 e. The number of anilines is 1. The average Bonchev–Trinajstić information content (AvgIpc) is 3.22. The van der Waals surface area contributed by atoms with Crippen molar-refractivity contribution in [1.82, 2.24) is 25.6 Å². The maximum absolute atomic E-state index is 12.4. The lowest BCUT2D eigenvalue weighted by molar-refractivity contribution is 0.0953. The van der Waals surface area contributed by atoms with Gasteiger partial charge in [0.25, 0.3) is 5.91 Å². The molecule has 10 nitrogen and oxygen atoms in total. The first-order valence-electron chi connectivity index (χ1n) is 10.4. The molecular weight excluding hydrogens is 422 g/mol. The molecule has 4 rings (SSSR count). The van der Waals surface area contributed by atoms with E-state index in [0.717, 1.165) is 33.2 Å². The summed E-state index contributed by atoms with van der Waals surface area (Å²) in [5, 5.41) is 13.9. The minimum absolute atomic E-state index is 0.174. The van der Waals surface area contributed by atoms with Gasteiger partial charge in [-0.1, -0.05) is 30.3 Å². The molecule has 0 unspecified atom stereocenters. The van der Waals surface area contributed by atoms with Crippen LogP contribution in [0.4, 0.5) is 10.6 Å². The lowest BCUT2D eigenvalue weighted by Crippen LogP contribution is -2.39. The number of para-hydroxylation sites is 1. The van der Waals surface area contributed by atoms with Crippen LogP contribution in [0.2, 0.25) is 0 Å². The number of nitroso groups, excluding NO2 is 1. The van der Waals surface area contributed by atoms with Crippen LogP contribution in [0.5, 0.6) is 0 Å². The van der Waals surface area contributed by atoms with Gasteiger partial charge in [-0.3, -0.25) is 4.79 Å². The predicted molar refractivity (Wildman–Crippen MR) is 127 cm³/mol. The Kier molecular flexibility index (Phi) is 6.44. The highest BCUT2D eigenvalue weighted by Gasteiger charge is 2.09. The fourth-order valence-electron chi connectivity index (χ4n) is 3.46. The molecule has 0 spiro atoms. The minimum atomic E-state index is -0.633. The zero-order valence-electron chi connectivity index (χ0n) is 18.0. The van der Waals surface area contributed by atoms with Crippen LogP contribution in [0, 0.1) is 4.91 Å². The molecule has 0 aliphatic heterocycles. The van der Waals surface area contributed by atoms with Gasteiger partial charge in [0.1, 0.15) is 5.82 Å². The van der Waals surface area contributed by atoms with Gasteiger partial charge in [-0.2, -0.15) is 5.01 Å².